The van der Waals surface area contributed by atoms with E-state index in [1.807, 2.05) is 5.32 Å². The van der Waals surface area contributed by atoms with Gasteiger partial charge in [-0.2, -0.15) is 13.2 Å². The third-order valence-corrected chi connectivity index (χ3v) is 4.20. The summed E-state index contributed by atoms with van der Waals surface area (Å²) in [6, 6.07) is -0.608. The number of carbonyl (C=O) groups is 3. The Morgan fingerprint density at radius 1 is 1.10 bits per heavy atom. The Kier molecular flexibility index (Phi) is 7.66. The Balaban J connectivity index is 2.02. The zero-order chi connectivity index (χ0) is 21.6. The summed E-state index contributed by atoms with van der Waals surface area (Å²) in [5.74, 6) is -3.67. The van der Waals surface area contributed by atoms with Crippen LogP contribution in [-0.2, 0) is 14.4 Å². The average Bonchev–Trinajstić information content (AvgIpc) is 3.46. The van der Waals surface area contributed by atoms with Crippen molar-refractivity contribution >= 4 is 17.6 Å². The molecule has 1 aliphatic carbocycles. The fraction of sp³-hybridized carbons (Fsp3) is 0.500. The maximum Gasteiger partial charge on any atom is 0.407 e. The van der Waals surface area contributed by atoms with E-state index in [2.05, 4.69) is 10.6 Å². The Labute approximate surface area is 163 Å². The molecule has 11 heteroatoms. The van der Waals surface area contributed by atoms with Crippen molar-refractivity contribution < 1.29 is 36.3 Å². The summed E-state index contributed by atoms with van der Waals surface area (Å²) in [4.78, 5) is 35.4. The van der Waals surface area contributed by atoms with Crippen LogP contribution in [0.1, 0.15) is 30.9 Å². The molecule has 2 atom stereocenters. The van der Waals surface area contributed by atoms with E-state index in [-0.39, 0.29) is 11.6 Å². The van der Waals surface area contributed by atoms with E-state index in [4.69, 9.17) is 0 Å². The van der Waals surface area contributed by atoms with Crippen LogP contribution in [0.4, 0.5) is 22.0 Å². The molecule has 1 fully saturated rings. The number of halogens is 5. The van der Waals surface area contributed by atoms with Crippen molar-refractivity contribution in [1.82, 2.24) is 16.0 Å². The molecule has 29 heavy (non-hydrogen) atoms. The van der Waals surface area contributed by atoms with Crippen LogP contribution in [0, 0.1) is 5.82 Å². The summed E-state index contributed by atoms with van der Waals surface area (Å²) in [5, 5.41) is 6.48. The van der Waals surface area contributed by atoms with Crippen LogP contribution in [0.5, 0.6) is 0 Å². The number of ketones is 1. The van der Waals surface area contributed by atoms with Gasteiger partial charge in [0.05, 0.1) is 19.3 Å². The number of hydrogen-bond donors (Lipinski definition) is 3. The molecular formula is C18H20F5N3O3. The quantitative estimate of drug-likeness (QED) is 0.397. The number of alkyl halides is 4. The van der Waals surface area contributed by atoms with E-state index in [9.17, 15) is 36.3 Å². The highest BCUT2D eigenvalue weighted by atomic mass is 19.4. The minimum atomic E-state index is -4.85. The molecule has 1 aliphatic rings. The van der Waals surface area contributed by atoms with E-state index in [1.165, 1.54) is 0 Å². The zero-order valence-corrected chi connectivity index (χ0v) is 15.2. The lowest BCUT2D eigenvalue weighted by molar-refractivity contribution is -0.161. The number of rotatable bonds is 10. The SMILES string of the molecule is O=C(CNC(=O)C(CCF)NC(c1ccc(F)cc1)C(F)(F)F)C(=O)NC1CC1. The van der Waals surface area contributed by atoms with E-state index in [0.717, 1.165) is 37.1 Å². The molecule has 2 amide bonds. The van der Waals surface area contributed by atoms with Crippen molar-refractivity contribution in [3.63, 3.8) is 0 Å². The minimum Gasteiger partial charge on any atom is -0.347 e. The van der Waals surface area contributed by atoms with Crippen molar-refractivity contribution in [2.45, 2.75) is 43.6 Å². The molecule has 1 aromatic rings. The molecular weight excluding hydrogens is 401 g/mol. The predicted octanol–water partition coefficient (Wildman–Crippen LogP) is 1.71. The molecule has 2 unspecified atom stereocenters. The second-order valence-electron chi connectivity index (χ2n) is 6.61. The predicted molar refractivity (Wildman–Crippen MR) is 91.9 cm³/mol. The molecule has 160 valence electrons. The highest BCUT2D eigenvalue weighted by molar-refractivity contribution is 6.37. The maximum atomic E-state index is 13.4. The molecule has 0 saturated heterocycles. The lowest BCUT2D eigenvalue weighted by Gasteiger charge is -2.27. The molecule has 0 bridgehead atoms. The first-order valence-corrected chi connectivity index (χ1v) is 8.87. The van der Waals surface area contributed by atoms with E-state index < -0.39 is 61.3 Å². The number of nitrogens with one attached hydrogen (secondary N) is 3. The topological polar surface area (TPSA) is 87.3 Å². The molecule has 6 nitrogen and oxygen atoms in total. The van der Waals surface area contributed by atoms with Crippen LogP contribution in [0.3, 0.4) is 0 Å². The van der Waals surface area contributed by atoms with Crippen molar-refractivity contribution in [3.8, 4) is 0 Å². The zero-order valence-electron chi connectivity index (χ0n) is 15.2. The van der Waals surface area contributed by atoms with Crippen molar-refractivity contribution in [3.05, 3.63) is 35.6 Å². The van der Waals surface area contributed by atoms with E-state index in [0.29, 0.717) is 0 Å². The van der Waals surface area contributed by atoms with Gasteiger partial charge in [-0.1, -0.05) is 12.1 Å². The molecule has 0 radical (unpaired) electrons. The fourth-order valence-electron chi connectivity index (χ4n) is 2.50. The summed E-state index contributed by atoms with van der Waals surface area (Å²) >= 11 is 0. The molecule has 0 aromatic heterocycles. The fourth-order valence-corrected chi connectivity index (χ4v) is 2.50. The van der Waals surface area contributed by atoms with Gasteiger partial charge in [-0.05, 0) is 30.5 Å². The first-order chi connectivity index (χ1) is 13.6. The summed E-state index contributed by atoms with van der Waals surface area (Å²) in [7, 11) is 0. The lowest BCUT2D eigenvalue weighted by Crippen LogP contribution is -2.51. The molecule has 0 spiro atoms. The Morgan fingerprint density at radius 3 is 2.24 bits per heavy atom. The molecule has 2 rings (SSSR count). The van der Waals surface area contributed by atoms with E-state index >= 15 is 0 Å². The second-order valence-corrected chi connectivity index (χ2v) is 6.61. The van der Waals surface area contributed by atoms with Crippen LogP contribution in [0.2, 0.25) is 0 Å². The summed E-state index contributed by atoms with van der Waals surface area (Å²) in [5.41, 5.74) is -0.365. The van der Waals surface area contributed by atoms with Crippen LogP contribution in [0.25, 0.3) is 0 Å². The number of amides is 2. The van der Waals surface area contributed by atoms with Gasteiger partial charge >= 0.3 is 6.18 Å². The van der Waals surface area contributed by atoms with Gasteiger partial charge in [-0.3, -0.25) is 24.1 Å². The maximum absolute atomic E-state index is 13.4. The minimum absolute atomic E-state index is 0.0774. The van der Waals surface area contributed by atoms with Crippen LogP contribution >= 0.6 is 0 Å². The molecule has 1 saturated carbocycles. The first-order valence-electron chi connectivity index (χ1n) is 8.87. The average molecular weight is 421 g/mol. The number of benzene rings is 1. The molecule has 0 aliphatic heterocycles. The summed E-state index contributed by atoms with van der Waals surface area (Å²) in [6.07, 6.45) is -3.96. The monoisotopic (exact) mass is 421 g/mol. The molecule has 3 N–H and O–H groups in total. The van der Waals surface area contributed by atoms with Gasteiger partial charge in [-0.15, -0.1) is 0 Å². The van der Waals surface area contributed by atoms with Gasteiger partial charge < -0.3 is 10.6 Å². The molecule has 1 aromatic carbocycles. The number of hydrogen-bond acceptors (Lipinski definition) is 4. The second kappa shape index (κ2) is 9.77. The Bertz CT molecular complexity index is 735. The van der Waals surface area contributed by atoms with Crippen molar-refractivity contribution in [2.75, 3.05) is 13.2 Å². The number of carbonyl (C=O) groups excluding carboxylic acids is 3. The van der Waals surface area contributed by atoms with Crippen LogP contribution in [0.15, 0.2) is 24.3 Å². The van der Waals surface area contributed by atoms with Crippen LogP contribution in [-0.4, -0.2) is 49.1 Å². The largest absolute Gasteiger partial charge is 0.407 e. The standard InChI is InChI=1S/C18H20F5N3O3/c19-8-7-13(16(28)24-9-14(27)17(29)25-12-5-6-12)26-15(18(21,22)23)10-1-3-11(20)4-2-10/h1-4,12-13,15,26H,5-9H2,(H,24,28)(H,25,29). The Hall–Kier alpha value is -2.56. The summed E-state index contributed by atoms with van der Waals surface area (Å²) < 4.78 is 66.1. The third-order valence-electron chi connectivity index (χ3n) is 4.20. The van der Waals surface area contributed by atoms with Gasteiger partial charge in [0.15, 0.2) is 0 Å². The van der Waals surface area contributed by atoms with Crippen molar-refractivity contribution in [2.24, 2.45) is 0 Å². The lowest BCUT2D eigenvalue weighted by atomic mass is 10.0. The van der Waals surface area contributed by atoms with Crippen LogP contribution < -0.4 is 16.0 Å². The number of Topliss-reactive ketones (excluding diaryl/α,β-unsaturated/α-hetero) is 1. The first kappa shape index (κ1) is 22.7. The molecule has 0 heterocycles. The highest BCUT2D eigenvalue weighted by Gasteiger charge is 2.42. The smallest absolute Gasteiger partial charge is 0.347 e. The third kappa shape index (κ3) is 7.08. The van der Waals surface area contributed by atoms with Gasteiger partial charge in [-0.25, -0.2) is 4.39 Å². The van der Waals surface area contributed by atoms with Gasteiger partial charge in [0.1, 0.15) is 11.9 Å². The van der Waals surface area contributed by atoms with Gasteiger partial charge in [0.25, 0.3) is 5.91 Å². The van der Waals surface area contributed by atoms with Gasteiger partial charge in [0.2, 0.25) is 11.7 Å². The summed E-state index contributed by atoms with van der Waals surface area (Å²) in [6.45, 7) is -1.83. The van der Waals surface area contributed by atoms with Crippen molar-refractivity contribution in [1.29, 1.82) is 0 Å². The highest BCUT2D eigenvalue weighted by Crippen LogP contribution is 2.33. The normalized spacial score (nSPS) is 16.0. The van der Waals surface area contributed by atoms with Gasteiger partial charge in [0, 0.05) is 12.5 Å². The van der Waals surface area contributed by atoms with E-state index in [1.54, 1.807) is 0 Å². The Morgan fingerprint density at radius 2 is 1.72 bits per heavy atom.